The molecule has 1 aromatic carbocycles. The van der Waals surface area contributed by atoms with Crippen molar-refractivity contribution in [2.24, 2.45) is 0 Å². The summed E-state index contributed by atoms with van der Waals surface area (Å²) in [6.07, 6.45) is 2.63. The molecule has 4 nitrogen and oxygen atoms in total. The zero-order chi connectivity index (χ0) is 16.1. The van der Waals surface area contributed by atoms with Crippen LogP contribution in [0.5, 0.6) is 0 Å². The van der Waals surface area contributed by atoms with Crippen LogP contribution in [-0.2, 0) is 11.2 Å². The molecule has 1 aliphatic rings. The van der Waals surface area contributed by atoms with Gasteiger partial charge in [0.25, 0.3) is 5.91 Å². The number of amides is 2. The predicted molar refractivity (Wildman–Crippen MR) is 87.7 cm³/mol. The third-order valence-electron chi connectivity index (χ3n) is 3.90. The monoisotopic (exact) mass is 300 g/mol. The lowest BCUT2D eigenvalue weighted by Crippen LogP contribution is -2.50. The first kappa shape index (κ1) is 16.3. The highest BCUT2D eigenvalue weighted by molar-refractivity contribution is 5.94. The predicted octanol–water partition coefficient (Wildman–Crippen LogP) is 2.50. The minimum Gasteiger partial charge on any atom is -0.336 e. The quantitative estimate of drug-likeness (QED) is 0.805. The van der Waals surface area contributed by atoms with Gasteiger partial charge in [-0.2, -0.15) is 0 Å². The van der Waals surface area contributed by atoms with Crippen LogP contribution in [0.15, 0.2) is 35.9 Å². The van der Waals surface area contributed by atoms with E-state index in [9.17, 15) is 9.59 Å². The summed E-state index contributed by atoms with van der Waals surface area (Å²) in [5, 5.41) is 0. The van der Waals surface area contributed by atoms with E-state index >= 15 is 0 Å². The van der Waals surface area contributed by atoms with Crippen LogP contribution in [0.25, 0.3) is 0 Å². The van der Waals surface area contributed by atoms with E-state index < -0.39 is 0 Å². The van der Waals surface area contributed by atoms with E-state index in [-0.39, 0.29) is 11.8 Å². The van der Waals surface area contributed by atoms with Gasteiger partial charge >= 0.3 is 0 Å². The van der Waals surface area contributed by atoms with Gasteiger partial charge in [0.2, 0.25) is 5.91 Å². The van der Waals surface area contributed by atoms with Crippen LogP contribution in [0.3, 0.4) is 0 Å². The third-order valence-corrected chi connectivity index (χ3v) is 3.90. The van der Waals surface area contributed by atoms with Gasteiger partial charge in [0.1, 0.15) is 0 Å². The number of rotatable bonds is 3. The molecule has 0 atom stereocenters. The summed E-state index contributed by atoms with van der Waals surface area (Å²) in [5.41, 5.74) is 2.95. The topological polar surface area (TPSA) is 40.6 Å². The van der Waals surface area contributed by atoms with Crippen molar-refractivity contribution in [1.29, 1.82) is 0 Å². The van der Waals surface area contributed by atoms with Gasteiger partial charge < -0.3 is 9.80 Å². The fraction of sp³-hybridized carbons (Fsp3) is 0.444. The number of benzene rings is 1. The number of carbonyl (C=O) groups is 2. The van der Waals surface area contributed by atoms with Gasteiger partial charge in [0, 0.05) is 37.8 Å². The SMILES string of the molecule is CCc1ccc(C(=O)N2CCN(C(=O)C=C(C)C)CC2)cc1. The second-order valence-electron chi connectivity index (χ2n) is 5.89. The Bertz CT molecular complexity index is 563. The largest absolute Gasteiger partial charge is 0.336 e. The Kier molecular flexibility index (Phi) is 5.36. The highest BCUT2D eigenvalue weighted by Gasteiger charge is 2.23. The molecule has 2 rings (SSSR count). The molecule has 1 aromatic rings. The van der Waals surface area contributed by atoms with Crippen molar-refractivity contribution >= 4 is 11.8 Å². The summed E-state index contributed by atoms with van der Waals surface area (Å²) in [4.78, 5) is 28.1. The van der Waals surface area contributed by atoms with Gasteiger partial charge in [-0.15, -0.1) is 0 Å². The number of nitrogens with zero attached hydrogens (tertiary/aromatic N) is 2. The Balaban J connectivity index is 1.94. The van der Waals surface area contributed by atoms with Crippen molar-refractivity contribution in [3.05, 3.63) is 47.0 Å². The Labute approximate surface area is 132 Å². The zero-order valence-electron chi connectivity index (χ0n) is 13.6. The second-order valence-corrected chi connectivity index (χ2v) is 5.89. The molecule has 0 saturated carbocycles. The number of hydrogen-bond acceptors (Lipinski definition) is 2. The molecule has 0 N–H and O–H groups in total. The Hall–Kier alpha value is -2.10. The molecule has 0 radical (unpaired) electrons. The maximum atomic E-state index is 12.5. The summed E-state index contributed by atoms with van der Waals surface area (Å²) in [7, 11) is 0. The average molecular weight is 300 g/mol. The number of allylic oxidation sites excluding steroid dienone is 1. The van der Waals surface area contributed by atoms with Gasteiger partial charge in [-0.25, -0.2) is 0 Å². The Morgan fingerprint density at radius 2 is 1.55 bits per heavy atom. The van der Waals surface area contributed by atoms with Crippen LogP contribution in [-0.4, -0.2) is 47.8 Å². The summed E-state index contributed by atoms with van der Waals surface area (Å²) in [6.45, 7) is 8.31. The lowest BCUT2D eigenvalue weighted by molar-refractivity contribution is -0.127. The first-order valence-electron chi connectivity index (χ1n) is 7.83. The van der Waals surface area contributed by atoms with Gasteiger partial charge in [0.05, 0.1) is 0 Å². The number of carbonyl (C=O) groups excluding carboxylic acids is 2. The van der Waals surface area contributed by atoms with Gasteiger partial charge in [-0.3, -0.25) is 9.59 Å². The molecule has 22 heavy (non-hydrogen) atoms. The van der Waals surface area contributed by atoms with Crippen LogP contribution in [0, 0.1) is 0 Å². The van der Waals surface area contributed by atoms with Crippen LogP contribution in [0.1, 0.15) is 36.7 Å². The fourth-order valence-corrected chi connectivity index (χ4v) is 2.53. The normalized spacial score (nSPS) is 14.7. The highest BCUT2D eigenvalue weighted by Crippen LogP contribution is 2.11. The number of aryl methyl sites for hydroxylation is 1. The minimum absolute atomic E-state index is 0.0411. The molecule has 1 aliphatic heterocycles. The van der Waals surface area contributed by atoms with Crippen molar-refractivity contribution < 1.29 is 9.59 Å². The van der Waals surface area contributed by atoms with Gasteiger partial charge in [-0.05, 0) is 38.0 Å². The van der Waals surface area contributed by atoms with E-state index in [1.807, 2.05) is 43.0 Å². The van der Waals surface area contributed by atoms with Crippen molar-refractivity contribution in [1.82, 2.24) is 9.80 Å². The standard InChI is InChI=1S/C18H24N2O2/c1-4-15-5-7-16(8-6-15)18(22)20-11-9-19(10-12-20)17(21)13-14(2)3/h5-8,13H,4,9-12H2,1-3H3. The molecule has 0 aromatic heterocycles. The fourth-order valence-electron chi connectivity index (χ4n) is 2.53. The van der Waals surface area contributed by atoms with E-state index in [0.717, 1.165) is 17.6 Å². The Morgan fingerprint density at radius 3 is 2.05 bits per heavy atom. The van der Waals surface area contributed by atoms with Crippen molar-refractivity contribution in [2.45, 2.75) is 27.2 Å². The van der Waals surface area contributed by atoms with Crippen LogP contribution >= 0.6 is 0 Å². The summed E-state index contributed by atoms with van der Waals surface area (Å²) in [5.74, 6) is 0.0939. The van der Waals surface area contributed by atoms with E-state index in [1.54, 1.807) is 11.0 Å². The molecule has 1 fully saturated rings. The first-order chi connectivity index (χ1) is 10.5. The third kappa shape index (κ3) is 3.97. The summed E-state index contributed by atoms with van der Waals surface area (Å²) >= 11 is 0. The van der Waals surface area contributed by atoms with Crippen LogP contribution < -0.4 is 0 Å². The van der Waals surface area contributed by atoms with E-state index in [2.05, 4.69) is 6.92 Å². The summed E-state index contributed by atoms with van der Waals surface area (Å²) in [6, 6.07) is 7.79. The van der Waals surface area contributed by atoms with E-state index in [1.165, 1.54) is 5.56 Å². The number of piperazine rings is 1. The lowest BCUT2D eigenvalue weighted by Gasteiger charge is -2.34. The highest BCUT2D eigenvalue weighted by atomic mass is 16.2. The molecule has 0 unspecified atom stereocenters. The average Bonchev–Trinajstić information content (AvgIpc) is 2.54. The molecule has 1 heterocycles. The van der Waals surface area contributed by atoms with Gasteiger partial charge in [-0.1, -0.05) is 24.6 Å². The van der Waals surface area contributed by atoms with Gasteiger partial charge in [0.15, 0.2) is 0 Å². The molecule has 118 valence electrons. The molecule has 4 heteroatoms. The molecule has 0 spiro atoms. The minimum atomic E-state index is 0.0411. The zero-order valence-corrected chi connectivity index (χ0v) is 13.6. The van der Waals surface area contributed by atoms with E-state index in [4.69, 9.17) is 0 Å². The smallest absolute Gasteiger partial charge is 0.253 e. The molecule has 2 amide bonds. The van der Waals surface area contributed by atoms with Crippen molar-refractivity contribution in [3.8, 4) is 0 Å². The molecular formula is C18H24N2O2. The lowest BCUT2D eigenvalue weighted by atomic mass is 10.1. The van der Waals surface area contributed by atoms with E-state index in [0.29, 0.717) is 26.2 Å². The Morgan fingerprint density at radius 1 is 1.00 bits per heavy atom. The number of hydrogen-bond donors (Lipinski definition) is 0. The van der Waals surface area contributed by atoms with Crippen molar-refractivity contribution in [2.75, 3.05) is 26.2 Å². The van der Waals surface area contributed by atoms with Crippen LogP contribution in [0.4, 0.5) is 0 Å². The molecule has 1 saturated heterocycles. The first-order valence-corrected chi connectivity index (χ1v) is 7.83. The summed E-state index contributed by atoms with van der Waals surface area (Å²) < 4.78 is 0. The molecule has 0 bridgehead atoms. The molecule has 0 aliphatic carbocycles. The second kappa shape index (κ2) is 7.25. The van der Waals surface area contributed by atoms with Crippen LogP contribution in [0.2, 0.25) is 0 Å². The maximum Gasteiger partial charge on any atom is 0.253 e. The maximum absolute atomic E-state index is 12.5. The van der Waals surface area contributed by atoms with Crippen molar-refractivity contribution in [3.63, 3.8) is 0 Å². The molecular weight excluding hydrogens is 276 g/mol.